The minimum Gasteiger partial charge on any atom is -0.478 e. The average Bonchev–Trinajstić information content (AvgIpc) is 2.34. The van der Waals surface area contributed by atoms with Gasteiger partial charge < -0.3 is 14.9 Å². The van der Waals surface area contributed by atoms with E-state index in [4.69, 9.17) is 9.84 Å². The highest BCUT2D eigenvalue weighted by molar-refractivity contribution is 5.91. The molecular weight excluding hydrogens is 280 g/mol. The van der Waals surface area contributed by atoms with Crippen LogP contribution in [0.1, 0.15) is 62.0 Å². The predicted molar refractivity (Wildman–Crippen MR) is 87.1 cm³/mol. The molecule has 0 fully saturated rings. The van der Waals surface area contributed by atoms with Crippen molar-refractivity contribution in [3.05, 3.63) is 34.9 Å². The minimum atomic E-state index is -0.921. The maximum absolute atomic E-state index is 11.4. The van der Waals surface area contributed by atoms with E-state index in [2.05, 4.69) is 13.8 Å². The van der Waals surface area contributed by atoms with E-state index < -0.39 is 11.6 Å². The van der Waals surface area contributed by atoms with Crippen molar-refractivity contribution < 1.29 is 19.7 Å². The van der Waals surface area contributed by atoms with Crippen molar-refractivity contribution in [1.82, 2.24) is 0 Å². The molecule has 0 saturated carbocycles. The van der Waals surface area contributed by atoms with Gasteiger partial charge in [-0.25, -0.2) is 4.79 Å². The summed E-state index contributed by atoms with van der Waals surface area (Å²) in [6, 6.07) is 5.44. The molecule has 22 heavy (non-hydrogen) atoms. The van der Waals surface area contributed by atoms with E-state index in [-0.39, 0.29) is 18.6 Å². The molecule has 0 aromatic heterocycles. The molecule has 0 saturated heterocycles. The van der Waals surface area contributed by atoms with Gasteiger partial charge in [0.25, 0.3) is 0 Å². The fraction of sp³-hybridized carbons (Fsp3) is 0.611. The van der Waals surface area contributed by atoms with Crippen molar-refractivity contribution in [1.29, 1.82) is 0 Å². The molecule has 0 bridgehead atoms. The van der Waals surface area contributed by atoms with Gasteiger partial charge in [-0.1, -0.05) is 32.0 Å². The number of hydrogen-bond acceptors (Lipinski definition) is 3. The van der Waals surface area contributed by atoms with E-state index >= 15 is 0 Å². The Balaban J connectivity index is 2.81. The second-order valence-electron chi connectivity index (χ2n) is 7.28. The Hall–Kier alpha value is -1.39. The molecule has 0 aliphatic rings. The lowest BCUT2D eigenvalue weighted by Crippen LogP contribution is -2.32. The Morgan fingerprint density at radius 2 is 1.86 bits per heavy atom. The first-order valence-electron chi connectivity index (χ1n) is 7.64. The summed E-state index contributed by atoms with van der Waals surface area (Å²) in [4.78, 5) is 11.4. The lowest BCUT2D eigenvalue weighted by atomic mass is 9.79. The maximum atomic E-state index is 11.4. The number of carboxylic acids is 1. The van der Waals surface area contributed by atoms with Crippen LogP contribution in [-0.4, -0.2) is 28.4 Å². The molecule has 4 nitrogen and oxygen atoms in total. The molecule has 0 amide bonds. The second-order valence-corrected chi connectivity index (χ2v) is 7.28. The maximum Gasteiger partial charge on any atom is 0.336 e. The standard InChI is InChI=1S/C18H28O4/c1-13-7-6-8-14(15(13)16(20)21)11-22-18(4,5)12-17(2,3)9-10-19/h6-8,19H,9-12H2,1-5H3,(H,20,21). The van der Waals surface area contributed by atoms with Crippen molar-refractivity contribution in [3.63, 3.8) is 0 Å². The van der Waals surface area contributed by atoms with Gasteiger partial charge in [0.05, 0.1) is 17.8 Å². The summed E-state index contributed by atoms with van der Waals surface area (Å²) < 4.78 is 6.00. The number of carboxylic acid groups (broad SMARTS) is 1. The van der Waals surface area contributed by atoms with Gasteiger partial charge in [-0.05, 0) is 50.2 Å². The highest BCUT2D eigenvalue weighted by atomic mass is 16.5. The van der Waals surface area contributed by atoms with E-state index in [1.165, 1.54) is 0 Å². The van der Waals surface area contributed by atoms with Crippen LogP contribution in [0, 0.1) is 12.3 Å². The molecule has 0 atom stereocenters. The highest BCUT2D eigenvalue weighted by Crippen LogP contribution is 2.33. The smallest absolute Gasteiger partial charge is 0.336 e. The fourth-order valence-electron chi connectivity index (χ4n) is 3.02. The van der Waals surface area contributed by atoms with Crippen molar-refractivity contribution >= 4 is 5.97 Å². The van der Waals surface area contributed by atoms with Crippen LogP contribution in [0.4, 0.5) is 0 Å². The zero-order chi connectivity index (χ0) is 17.0. The van der Waals surface area contributed by atoms with Crippen molar-refractivity contribution in [2.45, 2.75) is 59.7 Å². The predicted octanol–water partition coefficient (Wildman–Crippen LogP) is 3.79. The molecule has 124 valence electrons. The lowest BCUT2D eigenvalue weighted by Gasteiger charge is -2.35. The first kappa shape index (κ1) is 18.7. The number of carbonyl (C=O) groups is 1. The van der Waals surface area contributed by atoms with Gasteiger partial charge in [0.15, 0.2) is 0 Å². The highest BCUT2D eigenvalue weighted by Gasteiger charge is 2.29. The van der Waals surface area contributed by atoms with Crippen molar-refractivity contribution in [2.75, 3.05) is 6.61 Å². The Labute approximate surface area is 133 Å². The van der Waals surface area contributed by atoms with Gasteiger partial charge in [-0.3, -0.25) is 0 Å². The number of aliphatic hydroxyl groups is 1. The van der Waals surface area contributed by atoms with Gasteiger partial charge in [-0.2, -0.15) is 0 Å². The van der Waals surface area contributed by atoms with E-state index in [0.717, 1.165) is 12.0 Å². The summed E-state index contributed by atoms with van der Waals surface area (Å²) in [5.41, 5.74) is 1.35. The topological polar surface area (TPSA) is 66.8 Å². The molecule has 1 rings (SSSR count). The zero-order valence-electron chi connectivity index (χ0n) is 14.3. The molecule has 0 unspecified atom stereocenters. The average molecular weight is 308 g/mol. The SMILES string of the molecule is Cc1cccc(COC(C)(C)CC(C)(C)CCO)c1C(=O)O. The second kappa shape index (κ2) is 7.25. The largest absolute Gasteiger partial charge is 0.478 e. The van der Waals surface area contributed by atoms with Crippen LogP contribution in [-0.2, 0) is 11.3 Å². The van der Waals surface area contributed by atoms with Gasteiger partial charge in [-0.15, -0.1) is 0 Å². The van der Waals surface area contributed by atoms with Crippen LogP contribution in [0.2, 0.25) is 0 Å². The summed E-state index contributed by atoms with van der Waals surface area (Å²) in [7, 11) is 0. The van der Waals surface area contributed by atoms with E-state index in [0.29, 0.717) is 17.5 Å². The third-order valence-corrected chi connectivity index (χ3v) is 3.88. The summed E-state index contributed by atoms with van der Waals surface area (Å²) in [6.45, 7) is 10.4. The summed E-state index contributed by atoms with van der Waals surface area (Å²) in [6.07, 6.45) is 1.50. The number of hydrogen-bond donors (Lipinski definition) is 2. The summed E-state index contributed by atoms with van der Waals surface area (Å²) in [5, 5.41) is 18.5. The third-order valence-electron chi connectivity index (χ3n) is 3.88. The quantitative estimate of drug-likeness (QED) is 0.767. The first-order valence-corrected chi connectivity index (χ1v) is 7.64. The molecule has 1 aromatic carbocycles. The number of rotatable bonds is 8. The van der Waals surface area contributed by atoms with Crippen LogP contribution in [0.5, 0.6) is 0 Å². The molecule has 0 heterocycles. The zero-order valence-corrected chi connectivity index (χ0v) is 14.3. The molecule has 0 aliphatic heterocycles. The first-order chi connectivity index (χ1) is 10.1. The lowest BCUT2D eigenvalue weighted by molar-refractivity contribution is -0.0592. The Kier molecular flexibility index (Phi) is 6.15. The van der Waals surface area contributed by atoms with Crippen LogP contribution in [0.25, 0.3) is 0 Å². The number of aromatic carboxylic acids is 1. The van der Waals surface area contributed by atoms with Crippen LogP contribution >= 0.6 is 0 Å². The van der Waals surface area contributed by atoms with Gasteiger partial charge >= 0.3 is 5.97 Å². The van der Waals surface area contributed by atoms with Crippen molar-refractivity contribution in [3.8, 4) is 0 Å². The van der Waals surface area contributed by atoms with Crippen molar-refractivity contribution in [2.24, 2.45) is 5.41 Å². The van der Waals surface area contributed by atoms with E-state index in [9.17, 15) is 9.90 Å². The monoisotopic (exact) mass is 308 g/mol. The fourth-order valence-corrected chi connectivity index (χ4v) is 3.02. The van der Waals surface area contributed by atoms with Gasteiger partial charge in [0, 0.05) is 6.61 Å². The molecule has 0 aliphatic carbocycles. The van der Waals surface area contributed by atoms with Crippen LogP contribution < -0.4 is 0 Å². The number of aryl methyl sites for hydroxylation is 1. The Bertz CT molecular complexity index is 518. The van der Waals surface area contributed by atoms with Gasteiger partial charge in [0.2, 0.25) is 0 Å². The number of ether oxygens (including phenoxy) is 1. The van der Waals surface area contributed by atoms with E-state index in [1.807, 2.05) is 19.9 Å². The van der Waals surface area contributed by atoms with Crippen LogP contribution in [0.15, 0.2) is 18.2 Å². The van der Waals surface area contributed by atoms with Crippen LogP contribution in [0.3, 0.4) is 0 Å². The third kappa shape index (κ3) is 5.43. The molecule has 2 N–H and O–H groups in total. The molecule has 0 radical (unpaired) electrons. The minimum absolute atomic E-state index is 0.0273. The molecule has 4 heteroatoms. The Morgan fingerprint density at radius 3 is 2.41 bits per heavy atom. The molecule has 1 aromatic rings. The number of aliphatic hydroxyl groups excluding tert-OH is 1. The summed E-state index contributed by atoms with van der Waals surface area (Å²) in [5.74, 6) is -0.921. The van der Waals surface area contributed by atoms with Gasteiger partial charge in [0.1, 0.15) is 0 Å². The molecule has 0 spiro atoms. The Morgan fingerprint density at radius 1 is 1.23 bits per heavy atom. The number of benzene rings is 1. The molecular formula is C18H28O4. The normalized spacial score (nSPS) is 12.5. The van der Waals surface area contributed by atoms with E-state index in [1.54, 1.807) is 19.1 Å². The summed E-state index contributed by atoms with van der Waals surface area (Å²) >= 11 is 0.